The Morgan fingerprint density at radius 1 is 1.17 bits per heavy atom. The second kappa shape index (κ2) is 3.68. The summed E-state index contributed by atoms with van der Waals surface area (Å²) in [7, 11) is 0. The predicted molar refractivity (Wildman–Crippen MR) is 39.1 cm³/mol. The van der Waals surface area contributed by atoms with Crippen molar-refractivity contribution in [3.05, 3.63) is 0 Å². The molecule has 0 saturated carbocycles. The zero-order chi connectivity index (χ0) is 9.30. The smallest absolute Gasteiger partial charge is 0.160 e. The molecule has 0 spiro atoms. The van der Waals surface area contributed by atoms with Gasteiger partial charge in [-0.15, -0.1) is 0 Å². The summed E-state index contributed by atoms with van der Waals surface area (Å²) in [6.07, 6.45) is -4.20. The molecule has 72 valence electrons. The van der Waals surface area contributed by atoms with E-state index in [1.54, 1.807) is 6.92 Å². The van der Waals surface area contributed by atoms with E-state index in [0.29, 0.717) is 0 Å². The van der Waals surface area contributed by atoms with Crippen LogP contribution in [0.15, 0.2) is 0 Å². The van der Waals surface area contributed by atoms with E-state index in [2.05, 4.69) is 0 Å². The molecule has 1 aliphatic rings. The van der Waals surface area contributed by atoms with Crippen molar-refractivity contribution in [2.24, 2.45) is 5.92 Å². The Morgan fingerprint density at radius 2 is 1.75 bits per heavy atom. The van der Waals surface area contributed by atoms with Crippen LogP contribution >= 0.6 is 0 Å². The lowest BCUT2D eigenvalue weighted by Crippen LogP contribution is -2.54. The molecule has 0 aromatic rings. The van der Waals surface area contributed by atoms with Crippen molar-refractivity contribution >= 4 is 0 Å². The lowest BCUT2D eigenvalue weighted by atomic mass is 9.93. The SMILES string of the molecule is C[C@H]1[C@@H](O)[C@H](O)C(CO)O[C@@H]1O. The van der Waals surface area contributed by atoms with Crippen molar-refractivity contribution in [3.63, 3.8) is 0 Å². The van der Waals surface area contributed by atoms with Crippen LogP contribution in [-0.2, 0) is 4.74 Å². The van der Waals surface area contributed by atoms with Crippen LogP contribution in [0.3, 0.4) is 0 Å². The Kier molecular flexibility index (Phi) is 3.03. The standard InChI is InChI=1S/C7H14O5/c1-3-5(9)6(10)4(2-8)12-7(3)11/h3-11H,2H2,1H3/t3-,4?,5+,6+,7-/m0/s1. The van der Waals surface area contributed by atoms with Crippen LogP contribution in [-0.4, -0.2) is 51.6 Å². The Labute approximate surface area is 70.2 Å². The van der Waals surface area contributed by atoms with Gasteiger partial charge in [-0.1, -0.05) is 6.92 Å². The average molecular weight is 178 g/mol. The highest BCUT2D eigenvalue weighted by atomic mass is 16.6. The fourth-order valence-electron chi connectivity index (χ4n) is 1.23. The second-order valence-electron chi connectivity index (χ2n) is 3.09. The fourth-order valence-corrected chi connectivity index (χ4v) is 1.23. The summed E-state index contributed by atoms with van der Waals surface area (Å²) < 4.78 is 4.83. The Hall–Kier alpha value is -0.200. The van der Waals surface area contributed by atoms with E-state index in [1.165, 1.54) is 0 Å². The van der Waals surface area contributed by atoms with Crippen molar-refractivity contribution in [2.45, 2.75) is 31.5 Å². The zero-order valence-corrected chi connectivity index (χ0v) is 6.79. The number of aliphatic hydroxyl groups is 4. The molecule has 5 nitrogen and oxygen atoms in total. The molecule has 0 aliphatic carbocycles. The first kappa shape index (κ1) is 9.88. The van der Waals surface area contributed by atoms with E-state index in [9.17, 15) is 10.2 Å². The van der Waals surface area contributed by atoms with Crippen LogP contribution < -0.4 is 0 Å². The summed E-state index contributed by atoms with van der Waals surface area (Å²) >= 11 is 0. The van der Waals surface area contributed by atoms with Gasteiger partial charge in [-0.25, -0.2) is 0 Å². The van der Waals surface area contributed by atoms with Crippen LogP contribution in [0.25, 0.3) is 0 Å². The van der Waals surface area contributed by atoms with Gasteiger partial charge in [0.15, 0.2) is 6.29 Å². The number of ether oxygens (including phenoxy) is 1. The third kappa shape index (κ3) is 1.60. The zero-order valence-electron chi connectivity index (χ0n) is 6.79. The minimum Gasteiger partial charge on any atom is -0.394 e. The molecule has 4 N–H and O–H groups in total. The maximum absolute atomic E-state index is 9.32. The molecular formula is C7H14O5. The average Bonchev–Trinajstić information content (AvgIpc) is 2.08. The highest BCUT2D eigenvalue weighted by molar-refractivity contribution is 4.86. The van der Waals surface area contributed by atoms with Gasteiger partial charge in [0.2, 0.25) is 0 Å². The van der Waals surface area contributed by atoms with Gasteiger partial charge < -0.3 is 25.2 Å². The molecule has 1 unspecified atom stereocenters. The van der Waals surface area contributed by atoms with Gasteiger partial charge in [0, 0.05) is 5.92 Å². The molecule has 5 heteroatoms. The van der Waals surface area contributed by atoms with Crippen molar-refractivity contribution in [1.82, 2.24) is 0 Å². The van der Waals surface area contributed by atoms with E-state index in [4.69, 9.17) is 14.9 Å². The summed E-state index contributed by atoms with van der Waals surface area (Å²) in [5.74, 6) is -0.539. The molecule has 1 heterocycles. The fraction of sp³-hybridized carbons (Fsp3) is 1.00. The Morgan fingerprint density at radius 3 is 2.25 bits per heavy atom. The van der Waals surface area contributed by atoms with Crippen LogP contribution in [0.1, 0.15) is 6.92 Å². The lowest BCUT2D eigenvalue weighted by molar-refractivity contribution is -0.266. The van der Waals surface area contributed by atoms with Crippen LogP contribution in [0.5, 0.6) is 0 Å². The highest BCUT2D eigenvalue weighted by Gasteiger charge is 2.40. The number of aliphatic hydroxyl groups excluding tert-OH is 4. The molecule has 1 rings (SSSR count). The molecule has 0 bridgehead atoms. The summed E-state index contributed by atoms with van der Waals surface area (Å²) in [6.45, 7) is 1.15. The van der Waals surface area contributed by atoms with E-state index < -0.39 is 37.1 Å². The van der Waals surface area contributed by atoms with E-state index in [0.717, 1.165) is 0 Å². The molecule has 0 radical (unpaired) electrons. The number of rotatable bonds is 1. The third-order valence-corrected chi connectivity index (χ3v) is 2.21. The van der Waals surface area contributed by atoms with Crippen LogP contribution in [0, 0.1) is 5.92 Å². The summed E-state index contributed by atoms with van der Waals surface area (Å²) in [6, 6.07) is 0. The largest absolute Gasteiger partial charge is 0.394 e. The third-order valence-electron chi connectivity index (χ3n) is 2.21. The number of hydrogen-bond acceptors (Lipinski definition) is 5. The minimum absolute atomic E-state index is 0.415. The quantitative estimate of drug-likeness (QED) is 0.375. The van der Waals surface area contributed by atoms with Gasteiger partial charge in [0.1, 0.15) is 12.2 Å². The first-order valence-corrected chi connectivity index (χ1v) is 3.88. The van der Waals surface area contributed by atoms with E-state index in [-0.39, 0.29) is 0 Å². The van der Waals surface area contributed by atoms with E-state index >= 15 is 0 Å². The molecular weight excluding hydrogens is 164 g/mol. The molecule has 12 heavy (non-hydrogen) atoms. The molecule has 5 atom stereocenters. The van der Waals surface area contributed by atoms with E-state index in [1.807, 2.05) is 0 Å². The number of hydrogen-bond donors (Lipinski definition) is 4. The van der Waals surface area contributed by atoms with Gasteiger partial charge in [-0.3, -0.25) is 0 Å². The summed E-state index contributed by atoms with van der Waals surface area (Å²) in [5, 5.41) is 36.4. The highest BCUT2D eigenvalue weighted by Crippen LogP contribution is 2.23. The van der Waals surface area contributed by atoms with Crippen molar-refractivity contribution in [2.75, 3.05) is 6.61 Å². The van der Waals surface area contributed by atoms with Gasteiger partial charge in [-0.2, -0.15) is 0 Å². The molecule has 1 fully saturated rings. The normalized spacial score (nSPS) is 49.2. The van der Waals surface area contributed by atoms with Crippen molar-refractivity contribution < 1.29 is 25.2 Å². The molecule has 1 saturated heterocycles. The van der Waals surface area contributed by atoms with Gasteiger partial charge in [-0.05, 0) is 0 Å². The van der Waals surface area contributed by atoms with Crippen molar-refractivity contribution in [3.8, 4) is 0 Å². The Bertz CT molecular complexity index is 146. The maximum Gasteiger partial charge on any atom is 0.160 e. The molecule has 1 aliphatic heterocycles. The van der Waals surface area contributed by atoms with Gasteiger partial charge >= 0.3 is 0 Å². The van der Waals surface area contributed by atoms with Crippen molar-refractivity contribution in [1.29, 1.82) is 0 Å². The first-order valence-electron chi connectivity index (χ1n) is 3.88. The second-order valence-corrected chi connectivity index (χ2v) is 3.09. The molecule has 0 aromatic heterocycles. The van der Waals surface area contributed by atoms with Crippen LogP contribution in [0.4, 0.5) is 0 Å². The maximum atomic E-state index is 9.32. The topological polar surface area (TPSA) is 90.2 Å². The Balaban J connectivity index is 2.63. The predicted octanol–water partition coefficient (Wildman–Crippen LogP) is -1.95. The molecule has 0 aromatic carbocycles. The molecule has 0 amide bonds. The lowest BCUT2D eigenvalue weighted by Gasteiger charge is -2.38. The summed E-state index contributed by atoms with van der Waals surface area (Å²) in [5.41, 5.74) is 0. The van der Waals surface area contributed by atoms with Gasteiger partial charge in [0.05, 0.1) is 12.7 Å². The first-order chi connectivity index (χ1) is 5.57. The minimum atomic E-state index is -1.13. The van der Waals surface area contributed by atoms with Crippen LogP contribution in [0.2, 0.25) is 0 Å². The monoisotopic (exact) mass is 178 g/mol. The van der Waals surface area contributed by atoms with Gasteiger partial charge in [0.25, 0.3) is 0 Å². The summed E-state index contributed by atoms with van der Waals surface area (Å²) in [4.78, 5) is 0.